The van der Waals surface area contributed by atoms with E-state index in [0.29, 0.717) is 24.1 Å². The maximum Gasteiger partial charge on any atom is 0.303 e. The molecule has 17 heavy (non-hydrogen) atoms. The number of aliphatic carboxylic acids is 1. The first kappa shape index (κ1) is 12.4. The molecule has 0 aromatic carbocycles. The van der Waals surface area contributed by atoms with Crippen LogP contribution in [-0.4, -0.2) is 32.8 Å². The third kappa shape index (κ3) is 4.03. The van der Waals surface area contributed by atoms with Crippen molar-refractivity contribution in [1.29, 1.82) is 0 Å². The molecule has 6 heteroatoms. The average Bonchev–Trinajstić information content (AvgIpc) is 2.75. The normalized spacial score (nSPS) is 17.2. The van der Waals surface area contributed by atoms with Crippen LogP contribution in [0.5, 0.6) is 0 Å². The van der Waals surface area contributed by atoms with Crippen LogP contribution in [-0.2, 0) is 17.6 Å². The fourth-order valence-corrected chi connectivity index (χ4v) is 3.09. The van der Waals surface area contributed by atoms with Gasteiger partial charge in [-0.05, 0) is 30.3 Å². The van der Waals surface area contributed by atoms with Crippen molar-refractivity contribution in [1.82, 2.24) is 10.2 Å². The molecule has 0 atom stereocenters. The number of rotatable bonds is 5. The Labute approximate surface area is 104 Å². The summed E-state index contributed by atoms with van der Waals surface area (Å²) in [6.45, 7) is 0. The van der Waals surface area contributed by atoms with Crippen molar-refractivity contribution >= 4 is 17.7 Å². The summed E-state index contributed by atoms with van der Waals surface area (Å²) in [5.41, 5.74) is 0. The van der Waals surface area contributed by atoms with E-state index in [9.17, 15) is 4.79 Å². The Balaban J connectivity index is 1.82. The van der Waals surface area contributed by atoms with E-state index in [-0.39, 0.29) is 6.42 Å². The molecular formula is C11H16N2O3S. The van der Waals surface area contributed by atoms with Crippen LogP contribution in [0.2, 0.25) is 0 Å². The van der Waals surface area contributed by atoms with Gasteiger partial charge in [-0.25, -0.2) is 0 Å². The van der Waals surface area contributed by atoms with Crippen molar-refractivity contribution in [2.45, 2.75) is 32.1 Å². The van der Waals surface area contributed by atoms with Crippen LogP contribution in [0.1, 0.15) is 31.0 Å². The largest absolute Gasteiger partial charge is 0.481 e. The van der Waals surface area contributed by atoms with E-state index in [1.54, 1.807) is 0 Å². The van der Waals surface area contributed by atoms with Crippen molar-refractivity contribution in [3.63, 3.8) is 0 Å². The molecule has 1 N–H and O–H groups in total. The Morgan fingerprint density at radius 2 is 2.06 bits per heavy atom. The van der Waals surface area contributed by atoms with Crippen LogP contribution in [0.25, 0.3) is 0 Å². The van der Waals surface area contributed by atoms with Crippen molar-refractivity contribution in [2.24, 2.45) is 5.92 Å². The second-order valence-corrected chi connectivity index (χ2v) is 5.47. The Morgan fingerprint density at radius 3 is 2.76 bits per heavy atom. The van der Waals surface area contributed by atoms with Gasteiger partial charge in [-0.2, -0.15) is 11.8 Å². The van der Waals surface area contributed by atoms with Crippen LogP contribution >= 0.6 is 11.8 Å². The Bertz CT molecular complexity index is 375. The maximum absolute atomic E-state index is 10.4. The highest BCUT2D eigenvalue weighted by Crippen LogP contribution is 2.25. The summed E-state index contributed by atoms with van der Waals surface area (Å²) in [4.78, 5) is 10.4. The molecule has 1 saturated heterocycles. The summed E-state index contributed by atoms with van der Waals surface area (Å²) in [6, 6.07) is 0. The highest BCUT2D eigenvalue weighted by atomic mass is 32.2. The quantitative estimate of drug-likeness (QED) is 0.865. The molecule has 1 aliphatic rings. The molecule has 94 valence electrons. The van der Waals surface area contributed by atoms with E-state index in [1.165, 1.54) is 24.3 Å². The zero-order valence-corrected chi connectivity index (χ0v) is 10.4. The van der Waals surface area contributed by atoms with Crippen LogP contribution in [0.3, 0.4) is 0 Å². The summed E-state index contributed by atoms with van der Waals surface area (Å²) in [5, 5.41) is 16.4. The van der Waals surface area contributed by atoms with E-state index in [2.05, 4.69) is 10.2 Å². The van der Waals surface area contributed by atoms with Gasteiger partial charge in [0.1, 0.15) is 0 Å². The van der Waals surface area contributed by atoms with Gasteiger partial charge < -0.3 is 9.52 Å². The molecule has 1 aliphatic heterocycles. The first-order valence-corrected chi connectivity index (χ1v) is 7.00. The fourth-order valence-electron chi connectivity index (χ4n) is 1.88. The zero-order valence-electron chi connectivity index (χ0n) is 9.59. The molecular weight excluding hydrogens is 240 g/mol. The van der Waals surface area contributed by atoms with Crippen LogP contribution < -0.4 is 0 Å². The van der Waals surface area contributed by atoms with Crippen molar-refractivity contribution < 1.29 is 14.3 Å². The number of nitrogens with zero attached hydrogens (tertiary/aromatic N) is 2. The standard InChI is InChI=1S/C11H16N2O3S/c14-11(15)2-1-9-12-13-10(16-9)7-8-3-5-17-6-4-8/h8H,1-7H2,(H,14,15). The minimum Gasteiger partial charge on any atom is -0.481 e. The fraction of sp³-hybridized carbons (Fsp3) is 0.727. The summed E-state index contributed by atoms with van der Waals surface area (Å²) in [7, 11) is 0. The summed E-state index contributed by atoms with van der Waals surface area (Å²) in [5.74, 6) is 3.32. The number of aromatic nitrogens is 2. The third-order valence-electron chi connectivity index (χ3n) is 2.87. The van der Waals surface area contributed by atoms with Crippen LogP contribution in [0, 0.1) is 5.92 Å². The number of carboxylic acid groups (broad SMARTS) is 1. The molecule has 1 fully saturated rings. The number of carbonyl (C=O) groups is 1. The SMILES string of the molecule is O=C(O)CCc1nnc(CC2CCSCC2)o1. The van der Waals surface area contributed by atoms with Crippen LogP contribution in [0.4, 0.5) is 0 Å². The van der Waals surface area contributed by atoms with Gasteiger partial charge in [0.2, 0.25) is 11.8 Å². The third-order valence-corrected chi connectivity index (χ3v) is 3.91. The predicted molar refractivity (Wildman–Crippen MR) is 64.0 cm³/mol. The zero-order chi connectivity index (χ0) is 12.1. The molecule has 0 unspecified atom stereocenters. The number of thioether (sulfide) groups is 1. The first-order chi connectivity index (χ1) is 8.24. The van der Waals surface area contributed by atoms with Gasteiger partial charge in [-0.1, -0.05) is 0 Å². The van der Waals surface area contributed by atoms with Gasteiger partial charge in [0.25, 0.3) is 0 Å². The lowest BCUT2D eigenvalue weighted by Gasteiger charge is -2.19. The minimum absolute atomic E-state index is 0.0434. The van der Waals surface area contributed by atoms with E-state index >= 15 is 0 Å². The van der Waals surface area contributed by atoms with Gasteiger partial charge in [-0.15, -0.1) is 10.2 Å². The van der Waals surface area contributed by atoms with E-state index < -0.39 is 5.97 Å². The maximum atomic E-state index is 10.4. The molecule has 0 bridgehead atoms. The topological polar surface area (TPSA) is 76.2 Å². The lowest BCUT2D eigenvalue weighted by Crippen LogP contribution is -2.12. The summed E-state index contributed by atoms with van der Waals surface area (Å²) >= 11 is 1.99. The van der Waals surface area contributed by atoms with Crippen molar-refractivity contribution in [3.05, 3.63) is 11.8 Å². The lowest BCUT2D eigenvalue weighted by molar-refractivity contribution is -0.137. The van der Waals surface area contributed by atoms with Gasteiger partial charge in [-0.3, -0.25) is 4.79 Å². The Kier molecular flexibility index (Phi) is 4.42. The molecule has 2 heterocycles. The lowest BCUT2D eigenvalue weighted by atomic mass is 9.99. The number of carboxylic acids is 1. The molecule has 0 spiro atoms. The van der Waals surface area contributed by atoms with Gasteiger partial charge >= 0.3 is 5.97 Å². The van der Waals surface area contributed by atoms with Gasteiger partial charge in [0, 0.05) is 12.8 Å². The molecule has 2 rings (SSSR count). The molecule has 0 aliphatic carbocycles. The molecule has 0 saturated carbocycles. The monoisotopic (exact) mass is 256 g/mol. The van der Waals surface area contributed by atoms with Crippen LogP contribution in [0.15, 0.2) is 4.42 Å². The Morgan fingerprint density at radius 1 is 1.35 bits per heavy atom. The second kappa shape index (κ2) is 6.05. The smallest absolute Gasteiger partial charge is 0.303 e. The highest BCUT2D eigenvalue weighted by Gasteiger charge is 2.17. The molecule has 0 amide bonds. The summed E-state index contributed by atoms with van der Waals surface area (Å²) < 4.78 is 5.44. The average molecular weight is 256 g/mol. The molecule has 1 aromatic rings. The van der Waals surface area contributed by atoms with Gasteiger partial charge in [0.15, 0.2) is 0 Å². The van der Waals surface area contributed by atoms with E-state index in [4.69, 9.17) is 9.52 Å². The molecule has 5 nitrogen and oxygen atoms in total. The second-order valence-electron chi connectivity index (χ2n) is 4.24. The minimum atomic E-state index is -0.839. The summed E-state index contributed by atoms with van der Waals surface area (Å²) in [6.07, 6.45) is 3.61. The van der Waals surface area contributed by atoms with Crippen molar-refractivity contribution in [3.8, 4) is 0 Å². The number of hydrogen-bond acceptors (Lipinski definition) is 5. The number of hydrogen-bond donors (Lipinski definition) is 1. The van der Waals surface area contributed by atoms with Gasteiger partial charge in [0.05, 0.1) is 6.42 Å². The predicted octanol–water partition coefficient (Wildman–Crippen LogP) is 1.77. The van der Waals surface area contributed by atoms with E-state index in [0.717, 1.165) is 6.42 Å². The first-order valence-electron chi connectivity index (χ1n) is 5.85. The Hall–Kier alpha value is -1.04. The van der Waals surface area contributed by atoms with E-state index in [1.807, 2.05) is 11.8 Å². The number of aryl methyl sites for hydroxylation is 1. The highest BCUT2D eigenvalue weighted by molar-refractivity contribution is 7.99. The molecule has 0 radical (unpaired) electrons. The van der Waals surface area contributed by atoms with Crippen molar-refractivity contribution in [2.75, 3.05) is 11.5 Å². The molecule has 1 aromatic heterocycles.